The van der Waals surface area contributed by atoms with Crippen LogP contribution >= 0.6 is 23.8 Å². The van der Waals surface area contributed by atoms with Crippen LogP contribution in [0.5, 0.6) is 0 Å². The minimum absolute atomic E-state index is 0.100. The van der Waals surface area contributed by atoms with E-state index in [0.717, 1.165) is 0 Å². The molecular weight excluding hydrogens is 262 g/mol. The first kappa shape index (κ1) is 13.7. The number of nitrogens with zero attached hydrogens (tertiary/aromatic N) is 1. The van der Waals surface area contributed by atoms with Gasteiger partial charge in [0.25, 0.3) is 5.69 Å². The highest BCUT2D eigenvalue weighted by molar-refractivity contribution is 7.80. The number of nitro groups is 1. The normalized spacial score (nSPS) is 10.1. The SMILES string of the molecule is CC(C)NC(=S)Nc1ccc(Cl)c([N+](=O)[O-])c1. The second-order valence-electron chi connectivity index (χ2n) is 3.68. The van der Waals surface area contributed by atoms with Crippen LogP contribution in [0.25, 0.3) is 0 Å². The number of rotatable bonds is 3. The van der Waals surface area contributed by atoms with Crippen molar-refractivity contribution in [3.63, 3.8) is 0 Å². The van der Waals surface area contributed by atoms with E-state index in [2.05, 4.69) is 10.6 Å². The molecule has 1 aromatic carbocycles. The van der Waals surface area contributed by atoms with Gasteiger partial charge in [-0.25, -0.2) is 0 Å². The smallest absolute Gasteiger partial charge is 0.289 e. The van der Waals surface area contributed by atoms with Gasteiger partial charge in [0, 0.05) is 17.8 Å². The molecule has 2 N–H and O–H groups in total. The van der Waals surface area contributed by atoms with Crippen LogP contribution in [0.15, 0.2) is 18.2 Å². The Balaban J connectivity index is 2.82. The fourth-order valence-electron chi connectivity index (χ4n) is 1.16. The first-order valence-corrected chi connectivity index (χ1v) is 5.70. The molecule has 92 valence electrons. The molecule has 0 atom stereocenters. The maximum Gasteiger partial charge on any atom is 0.289 e. The first-order chi connectivity index (χ1) is 7.90. The van der Waals surface area contributed by atoms with E-state index in [1.54, 1.807) is 6.07 Å². The Morgan fingerprint density at radius 3 is 2.71 bits per heavy atom. The molecule has 0 saturated carbocycles. The second-order valence-corrected chi connectivity index (χ2v) is 4.49. The van der Waals surface area contributed by atoms with Crippen molar-refractivity contribution in [2.45, 2.75) is 19.9 Å². The zero-order valence-corrected chi connectivity index (χ0v) is 10.9. The van der Waals surface area contributed by atoms with Gasteiger partial charge in [0.15, 0.2) is 5.11 Å². The number of halogens is 1. The van der Waals surface area contributed by atoms with E-state index < -0.39 is 4.92 Å². The van der Waals surface area contributed by atoms with E-state index in [-0.39, 0.29) is 16.8 Å². The summed E-state index contributed by atoms with van der Waals surface area (Å²) >= 11 is 10.7. The highest BCUT2D eigenvalue weighted by Gasteiger charge is 2.13. The maximum absolute atomic E-state index is 10.7. The van der Waals surface area contributed by atoms with E-state index in [9.17, 15) is 10.1 Å². The minimum atomic E-state index is -0.535. The Labute approximate surface area is 109 Å². The van der Waals surface area contributed by atoms with Crippen molar-refractivity contribution in [2.24, 2.45) is 0 Å². The zero-order chi connectivity index (χ0) is 13.0. The predicted molar refractivity (Wildman–Crippen MR) is 72.6 cm³/mol. The predicted octanol–water partition coefficient (Wildman–Crippen LogP) is 2.94. The number of benzene rings is 1. The molecule has 0 aromatic heterocycles. The molecule has 0 amide bonds. The third-order valence-corrected chi connectivity index (χ3v) is 2.36. The molecule has 5 nitrogen and oxygen atoms in total. The van der Waals surface area contributed by atoms with E-state index >= 15 is 0 Å². The van der Waals surface area contributed by atoms with Crippen LogP contribution in [0.1, 0.15) is 13.8 Å². The van der Waals surface area contributed by atoms with Gasteiger partial charge in [0.2, 0.25) is 0 Å². The summed E-state index contributed by atoms with van der Waals surface area (Å²) in [6.45, 7) is 3.89. The quantitative estimate of drug-likeness (QED) is 0.503. The Morgan fingerprint density at radius 1 is 1.53 bits per heavy atom. The summed E-state index contributed by atoms with van der Waals surface area (Å²) in [6, 6.07) is 4.62. The molecule has 0 aliphatic carbocycles. The van der Waals surface area contributed by atoms with Crippen LogP contribution in [0.3, 0.4) is 0 Å². The van der Waals surface area contributed by atoms with Crippen LogP contribution in [-0.4, -0.2) is 16.1 Å². The first-order valence-electron chi connectivity index (χ1n) is 4.91. The summed E-state index contributed by atoms with van der Waals surface area (Å²) < 4.78 is 0. The maximum atomic E-state index is 10.7. The minimum Gasteiger partial charge on any atom is -0.360 e. The Kier molecular flexibility index (Phi) is 4.65. The fraction of sp³-hybridized carbons (Fsp3) is 0.300. The van der Waals surface area contributed by atoms with Gasteiger partial charge >= 0.3 is 0 Å². The number of hydrogen-bond acceptors (Lipinski definition) is 3. The van der Waals surface area contributed by atoms with Gasteiger partial charge in [-0.3, -0.25) is 10.1 Å². The third kappa shape index (κ3) is 4.16. The van der Waals surface area contributed by atoms with Crippen LogP contribution in [0.4, 0.5) is 11.4 Å². The van der Waals surface area contributed by atoms with E-state index in [4.69, 9.17) is 23.8 Å². The summed E-state index contributed by atoms with van der Waals surface area (Å²) in [5, 5.41) is 17.0. The third-order valence-electron chi connectivity index (χ3n) is 1.82. The topological polar surface area (TPSA) is 67.2 Å². The Hall–Kier alpha value is -1.40. The molecule has 17 heavy (non-hydrogen) atoms. The molecule has 7 heteroatoms. The van der Waals surface area contributed by atoms with E-state index in [0.29, 0.717) is 10.8 Å². The van der Waals surface area contributed by atoms with Crippen molar-refractivity contribution in [3.05, 3.63) is 33.3 Å². The molecule has 0 heterocycles. The standard InChI is InChI=1S/C10H12ClN3O2S/c1-6(2)12-10(17)13-7-3-4-8(11)9(5-7)14(15)16/h3-6H,1-2H3,(H2,12,13,17). The van der Waals surface area contributed by atoms with Crippen LogP contribution in [0, 0.1) is 10.1 Å². The van der Waals surface area contributed by atoms with Crippen molar-refractivity contribution < 1.29 is 4.92 Å². The number of nitro benzene ring substituents is 1. The lowest BCUT2D eigenvalue weighted by molar-refractivity contribution is -0.384. The van der Waals surface area contributed by atoms with Crippen molar-refractivity contribution in [1.29, 1.82) is 0 Å². The van der Waals surface area contributed by atoms with E-state index in [1.165, 1.54) is 12.1 Å². The monoisotopic (exact) mass is 273 g/mol. The molecule has 0 aliphatic rings. The average Bonchev–Trinajstić information content (AvgIpc) is 2.19. The van der Waals surface area contributed by atoms with Crippen molar-refractivity contribution in [3.8, 4) is 0 Å². The molecule has 0 aliphatic heterocycles. The van der Waals surface area contributed by atoms with Gasteiger partial charge in [-0.2, -0.15) is 0 Å². The molecule has 0 bridgehead atoms. The average molecular weight is 274 g/mol. The molecule has 1 aromatic rings. The van der Waals surface area contributed by atoms with Gasteiger partial charge in [0.1, 0.15) is 5.02 Å². The molecule has 0 unspecified atom stereocenters. The van der Waals surface area contributed by atoms with Gasteiger partial charge in [-0.1, -0.05) is 11.6 Å². The lowest BCUT2D eigenvalue weighted by Crippen LogP contribution is -2.33. The number of thiocarbonyl (C=S) groups is 1. The van der Waals surface area contributed by atoms with Gasteiger partial charge < -0.3 is 10.6 Å². The number of nitrogens with one attached hydrogen (secondary N) is 2. The van der Waals surface area contributed by atoms with Crippen LogP contribution < -0.4 is 10.6 Å². The lowest BCUT2D eigenvalue weighted by Gasteiger charge is -2.12. The zero-order valence-electron chi connectivity index (χ0n) is 9.36. The summed E-state index contributed by atoms with van der Waals surface area (Å²) in [6.07, 6.45) is 0. The summed E-state index contributed by atoms with van der Waals surface area (Å²) in [5.74, 6) is 0. The molecule has 0 spiro atoms. The highest BCUT2D eigenvalue weighted by Crippen LogP contribution is 2.27. The van der Waals surface area contributed by atoms with Crippen LogP contribution in [0.2, 0.25) is 5.02 Å². The van der Waals surface area contributed by atoms with Gasteiger partial charge in [0.05, 0.1) is 4.92 Å². The van der Waals surface area contributed by atoms with Crippen LogP contribution in [-0.2, 0) is 0 Å². The molecule has 0 radical (unpaired) electrons. The Bertz CT molecular complexity index is 451. The number of hydrogen-bond donors (Lipinski definition) is 2. The largest absolute Gasteiger partial charge is 0.360 e. The highest BCUT2D eigenvalue weighted by atomic mass is 35.5. The van der Waals surface area contributed by atoms with Gasteiger partial charge in [-0.05, 0) is 38.2 Å². The van der Waals surface area contributed by atoms with Crippen molar-refractivity contribution in [1.82, 2.24) is 5.32 Å². The lowest BCUT2D eigenvalue weighted by atomic mass is 10.3. The fourth-order valence-corrected chi connectivity index (χ4v) is 1.70. The summed E-state index contributed by atoms with van der Waals surface area (Å²) in [7, 11) is 0. The number of anilines is 1. The summed E-state index contributed by atoms with van der Waals surface area (Å²) in [4.78, 5) is 10.1. The van der Waals surface area contributed by atoms with Gasteiger partial charge in [-0.15, -0.1) is 0 Å². The summed E-state index contributed by atoms with van der Waals surface area (Å²) in [5.41, 5.74) is 0.378. The second kappa shape index (κ2) is 5.79. The molecule has 0 fully saturated rings. The van der Waals surface area contributed by atoms with Crippen molar-refractivity contribution >= 4 is 40.3 Å². The van der Waals surface area contributed by atoms with E-state index in [1.807, 2.05) is 13.8 Å². The molecular formula is C10H12ClN3O2S. The Morgan fingerprint density at radius 2 is 2.18 bits per heavy atom. The molecule has 1 rings (SSSR count). The molecule has 0 saturated heterocycles. The van der Waals surface area contributed by atoms with Crippen molar-refractivity contribution in [2.75, 3.05) is 5.32 Å².